The molecule has 0 bridgehead atoms. The lowest BCUT2D eigenvalue weighted by molar-refractivity contribution is 0.0696. The van der Waals surface area contributed by atoms with Crippen molar-refractivity contribution in [3.63, 3.8) is 0 Å². The largest absolute Gasteiger partial charge is 0.478 e. The van der Waals surface area contributed by atoms with Crippen molar-refractivity contribution in [2.24, 2.45) is 0 Å². The number of hydrogen-bond donors (Lipinski definition) is 1. The van der Waals surface area contributed by atoms with E-state index in [9.17, 15) is 4.79 Å². The molecule has 2 aromatic rings. The maximum atomic E-state index is 11.1. The highest BCUT2D eigenvalue weighted by Gasteiger charge is 2.20. The average molecular weight is 250 g/mol. The molecule has 2 heterocycles. The Balaban J connectivity index is 2.49. The molecule has 2 rings (SSSR count). The number of hydrogen-bond acceptors (Lipinski definition) is 3. The van der Waals surface area contributed by atoms with Gasteiger partial charge >= 0.3 is 5.97 Å². The number of carbonyl (C=O) groups is 1. The topological polar surface area (TPSA) is 55.1 Å². The highest BCUT2D eigenvalue weighted by molar-refractivity contribution is 7.09. The van der Waals surface area contributed by atoms with Crippen LogP contribution in [0.3, 0.4) is 0 Å². The Morgan fingerprint density at radius 3 is 2.71 bits per heavy atom. The first-order valence-electron chi connectivity index (χ1n) is 5.33. The third-order valence-electron chi connectivity index (χ3n) is 2.91. The van der Waals surface area contributed by atoms with Crippen LogP contribution < -0.4 is 0 Å². The zero-order chi connectivity index (χ0) is 12.6. The van der Waals surface area contributed by atoms with Crippen LogP contribution in [-0.2, 0) is 0 Å². The van der Waals surface area contributed by atoms with Gasteiger partial charge in [-0.1, -0.05) is 0 Å². The monoisotopic (exact) mass is 250 g/mol. The van der Waals surface area contributed by atoms with Gasteiger partial charge in [-0.3, -0.25) is 0 Å². The molecule has 0 fully saturated rings. The van der Waals surface area contributed by atoms with Crippen LogP contribution in [0.15, 0.2) is 17.6 Å². The van der Waals surface area contributed by atoms with Crippen molar-refractivity contribution in [1.29, 1.82) is 0 Å². The molecule has 0 aliphatic rings. The third-order valence-corrected chi connectivity index (χ3v) is 3.86. The van der Waals surface area contributed by atoms with Crippen molar-refractivity contribution >= 4 is 17.3 Å². The van der Waals surface area contributed by atoms with E-state index in [1.54, 1.807) is 23.6 Å². The van der Waals surface area contributed by atoms with Gasteiger partial charge in [0.1, 0.15) is 5.01 Å². The molecule has 0 saturated carbocycles. The second kappa shape index (κ2) is 4.33. The molecule has 0 amide bonds. The molecule has 90 valence electrons. The number of aromatic nitrogens is 2. The fourth-order valence-corrected chi connectivity index (χ4v) is 2.83. The Morgan fingerprint density at radius 1 is 1.53 bits per heavy atom. The summed E-state index contributed by atoms with van der Waals surface area (Å²) in [6, 6.07) is 1.78. The SMILES string of the molecule is Cc1cc(C(=O)O)c(C)n1C(C)c1nccs1. The summed E-state index contributed by atoms with van der Waals surface area (Å²) in [5.74, 6) is -0.879. The molecule has 0 radical (unpaired) electrons. The molecule has 1 atom stereocenters. The van der Waals surface area contributed by atoms with Crippen molar-refractivity contribution in [3.05, 3.63) is 39.6 Å². The molecule has 1 N–H and O–H groups in total. The summed E-state index contributed by atoms with van der Waals surface area (Å²) in [5.41, 5.74) is 2.09. The fourth-order valence-electron chi connectivity index (χ4n) is 2.14. The summed E-state index contributed by atoms with van der Waals surface area (Å²) in [6.07, 6.45) is 1.77. The first kappa shape index (κ1) is 11.9. The minimum Gasteiger partial charge on any atom is -0.478 e. The van der Waals surface area contributed by atoms with Crippen LogP contribution in [0.4, 0.5) is 0 Å². The summed E-state index contributed by atoms with van der Waals surface area (Å²) in [6.45, 7) is 5.79. The van der Waals surface area contributed by atoms with E-state index in [4.69, 9.17) is 5.11 Å². The van der Waals surface area contributed by atoms with Crippen molar-refractivity contribution in [3.8, 4) is 0 Å². The van der Waals surface area contributed by atoms with Crippen molar-refractivity contribution < 1.29 is 9.90 Å². The van der Waals surface area contributed by atoms with Crippen LogP contribution in [0.1, 0.15) is 39.7 Å². The molecule has 2 aromatic heterocycles. The normalized spacial score (nSPS) is 12.6. The lowest BCUT2D eigenvalue weighted by atomic mass is 10.2. The number of nitrogens with zero attached hydrogens (tertiary/aromatic N) is 2. The maximum Gasteiger partial charge on any atom is 0.337 e. The summed E-state index contributed by atoms with van der Waals surface area (Å²) in [7, 11) is 0. The van der Waals surface area contributed by atoms with E-state index < -0.39 is 5.97 Å². The van der Waals surface area contributed by atoms with E-state index in [-0.39, 0.29) is 6.04 Å². The zero-order valence-corrected chi connectivity index (χ0v) is 10.8. The predicted molar refractivity (Wildman–Crippen MR) is 66.8 cm³/mol. The zero-order valence-electron chi connectivity index (χ0n) is 9.97. The minimum atomic E-state index is -0.879. The highest BCUT2D eigenvalue weighted by atomic mass is 32.1. The average Bonchev–Trinajstić information content (AvgIpc) is 2.86. The third kappa shape index (κ3) is 1.98. The number of rotatable bonds is 3. The first-order chi connectivity index (χ1) is 8.02. The number of aromatic carboxylic acids is 1. The van der Waals surface area contributed by atoms with Crippen LogP contribution in [0.2, 0.25) is 0 Å². The van der Waals surface area contributed by atoms with Crippen molar-refractivity contribution in [2.45, 2.75) is 26.8 Å². The second-order valence-corrected chi connectivity index (χ2v) is 4.93. The van der Waals surface area contributed by atoms with E-state index in [1.807, 2.05) is 30.7 Å². The Labute approximate surface area is 104 Å². The van der Waals surface area contributed by atoms with E-state index in [1.165, 1.54) is 0 Å². The molecule has 17 heavy (non-hydrogen) atoms. The standard InChI is InChI=1S/C12H14N2O2S/c1-7-6-10(12(15)16)8(2)14(7)9(3)11-13-4-5-17-11/h4-6,9H,1-3H3,(H,15,16). The smallest absolute Gasteiger partial charge is 0.337 e. The van der Waals surface area contributed by atoms with Crippen LogP contribution in [-0.4, -0.2) is 20.6 Å². The molecule has 0 aromatic carbocycles. The van der Waals surface area contributed by atoms with Gasteiger partial charge in [0.25, 0.3) is 0 Å². The molecular formula is C12H14N2O2S. The molecular weight excluding hydrogens is 236 g/mol. The van der Waals surface area contributed by atoms with Crippen LogP contribution >= 0.6 is 11.3 Å². The molecule has 0 aliphatic carbocycles. The predicted octanol–water partition coefficient (Wildman–Crippen LogP) is 2.87. The van der Waals surface area contributed by atoms with E-state index in [0.29, 0.717) is 5.56 Å². The van der Waals surface area contributed by atoms with Gasteiger partial charge in [-0.05, 0) is 26.8 Å². The number of aryl methyl sites for hydroxylation is 1. The number of thiazole rings is 1. The Bertz CT molecular complexity index is 543. The minimum absolute atomic E-state index is 0.0723. The van der Waals surface area contributed by atoms with Gasteiger partial charge in [0.2, 0.25) is 0 Å². The summed E-state index contributed by atoms with van der Waals surface area (Å²) >= 11 is 1.58. The van der Waals surface area contributed by atoms with Crippen LogP contribution in [0, 0.1) is 13.8 Å². The lowest BCUT2D eigenvalue weighted by Crippen LogP contribution is -2.10. The van der Waals surface area contributed by atoms with Gasteiger partial charge in [-0.25, -0.2) is 9.78 Å². The molecule has 0 aliphatic heterocycles. The molecule has 1 unspecified atom stereocenters. The van der Waals surface area contributed by atoms with Crippen LogP contribution in [0.25, 0.3) is 0 Å². The lowest BCUT2D eigenvalue weighted by Gasteiger charge is -2.16. The van der Waals surface area contributed by atoms with Gasteiger partial charge in [-0.2, -0.15) is 0 Å². The van der Waals surface area contributed by atoms with Gasteiger partial charge in [0.15, 0.2) is 0 Å². The van der Waals surface area contributed by atoms with Gasteiger partial charge in [0.05, 0.1) is 11.6 Å². The Hall–Kier alpha value is -1.62. The molecule has 0 spiro atoms. The number of carboxylic acids is 1. The van der Waals surface area contributed by atoms with E-state index in [2.05, 4.69) is 4.98 Å². The molecule has 0 saturated heterocycles. The second-order valence-electron chi connectivity index (χ2n) is 4.01. The van der Waals surface area contributed by atoms with Crippen molar-refractivity contribution in [2.75, 3.05) is 0 Å². The highest BCUT2D eigenvalue weighted by Crippen LogP contribution is 2.26. The molecule has 5 heteroatoms. The van der Waals surface area contributed by atoms with Gasteiger partial charge in [-0.15, -0.1) is 11.3 Å². The summed E-state index contributed by atoms with van der Waals surface area (Å²) in [4.78, 5) is 15.3. The van der Waals surface area contributed by atoms with Gasteiger partial charge < -0.3 is 9.67 Å². The Morgan fingerprint density at radius 2 is 2.24 bits per heavy atom. The van der Waals surface area contributed by atoms with Crippen molar-refractivity contribution in [1.82, 2.24) is 9.55 Å². The van der Waals surface area contributed by atoms with E-state index >= 15 is 0 Å². The van der Waals surface area contributed by atoms with Gasteiger partial charge in [0, 0.05) is 23.0 Å². The van der Waals surface area contributed by atoms with E-state index in [0.717, 1.165) is 16.4 Å². The van der Waals surface area contributed by atoms with Crippen LogP contribution in [0.5, 0.6) is 0 Å². The summed E-state index contributed by atoms with van der Waals surface area (Å²) in [5, 5.41) is 12.0. The summed E-state index contributed by atoms with van der Waals surface area (Å²) < 4.78 is 2.02. The number of carboxylic acid groups (broad SMARTS) is 1. The Kier molecular flexibility index (Phi) is 3.02. The fraction of sp³-hybridized carbons (Fsp3) is 0.333. The quantitative estimate of drug-likeness (QED) is 0.911. The maximum absolute atomic E-state index is 11.1. The molecule has 4 nitrogen and oxygen atoms in total. The first-order valence-corrected chi connectivity index (χ1v) is 6.21.